The van der Waals surface area contributed by atoms with Crippen molar-refractivity contribution in [1.82, 2.24) is 30.2 Å². The number of benzene rings is 2. The molecular formula is C30H30N8O5. The second-order valence-electron chi connectivity index (χ2n) is 10.2. The number of nitrogens with two attached hydrogens (primary N) is 2. The van der Waals surface area contributed by atoms with Crippen molar-refractivity contribution in [3.05, 3.63) is 82.7 Å². The summed E-state index contributed by atoms with van der Waals surface area (Å²) in [6, 6.07) is 12.7. The molecule has 3 amide bonds. The van der Waals surface area contributed by atoms with E-state index >= 15 is 0 Å². The molecule has 1 aliphatic rings. The van der Waals surface area contributed by atoms with Crippen molar-refractivity contribution in [2.24, 2.45) is 0 Å². The lowest BCUT2D eigenvalue weighted by molar-refractivity contribution is -0.143. The summed E-state index contributed by atoms with van der Waals surface area (Å²) in [5.41, 5.74) is 15.0. The minimum Gasteiger partial charge on any atom is -0.467 e. The minimum absolute atomic E-state index is 0.0313. The molecule has 0 bridgehead atoms. The second-order valence-corrected chi connectivity index (χ2v) is 10.2. The Balaban J connectivity index is 1.18. The van der Waals surface area contributed by atoms with Gasteiger partial charge >= 0.3 is 5.97 Å². The lowest BCUT2D eigenvalue weighted by atomic mass is 9.95. The number of hydrogen-bond acceptors (Lipinski definition) is 11. The van der Waals surface area contributed by atoms with E-state index in [1.165, 1.54) is 7.11 Å². The van der Waals surface area contributed by atoms with Crippen LogP contribution in [0.15, 0.2) is 54.7 Å². The molecule has 43 heavy (non-hydrogen) atoms. The number of methoxy groups -OCH3 is 1. The van der Waals surface area contributed by atoms with Crippen LogP contribution in [0.2, 0.25) is 0 Å². The molecular weight excluding hydrogens is 552 g/mol. The third-order valence-electron chi connectivity index (χ3n) is 7.30. The Morgan fingerprint density at radius 2 is 1.65 bits per heavy atom. The molecule has 3 heterocycles. The van der Waals surface area contributed by atoms with Gasteiger partial charge in [-0.05, 0) is 55.0 Å². The number of nitrogen functional groups attached to an aromatic ring is 2. The van der Waals surface area contributed by atoms with Gasteiger partial charge in [0.1, 0.15) is 6.04 Å². The molecule has 0 aliphatic carbocycles. The Hall–Kier alpha value is -5.46. The van der Waals surface area contributed by atoms with Gasteiger partial charge in [0.2, 0.25) is 5.95 Å². The highest BCUT2D eigenvalue weighted by atomic mass is 16.5. The van der Waals surface area contributed by atoms with Gasteiger partial charge in [-0.3, -0.25) is 19.3 Å². The summed E-state index contributed by atoms with van der Waals surface area (Å²) in [4.78, 5) is 68.6. The maximum Gasteiger partial charge on any atom is 0.328 e. The van der Waals surface area contributed by atoms with Crippen LogP contribution in [0.4, 0.5) is 11.8 Å². The predicted octanol–water partition coefficient (Wildman–Crippen LogP) is 2.28. The summed E-state index contributed by atoms with van der Waals surface area (Å²) in [7, 11) is 1.23. The molecule has 2 atom stereocenters. The third kappa shape index (κ3) is 6.10. The Morgan fingerprint density at radius 3 is 2.30 bits per heavy atom. The van der Waals surface area contributed by atoms with Gasteiger partial charge in [0.15, 0.2) is 17.0 Å². The number of aromatic nitrogens is 4. The molecule has 5 rings (SSSR count). The largest absolute Gasteiger partial charge is 0.467 e. The molecule has 220 valence electrons. The topological polar surface area (TPSA) is 196 Å². The van der Waals surface area contributed by atoms with E-state index in [4.69, 9.17) is 16.2 Å². The molecule has 0 saturated carbocycles. The standard InChI is InChI=1S/C30H30N8O5/c1-16(14-19-15-33-25-23(34-19)24(31)36-30(32)37-25)17-9-11-18(12-10-17)26(39)35-22(29(42)43-2)8-5-13-38-27(40)20-6-3-4-7-21(20)28(38)41/h3-4,6-7,9-12,15-16,22H,5,8,13-14H2,1-2H3,(H,35,39)(H4,31,32,33,36,37). The maximum atomic E-state index is 13.0. The zero-order valence-corrected chi connectivity index (χ0v) is 23.6. The molecule has 1 aliphatic heterocycles. The number of hydrogen-bond donors (Lipinski definition) is 3. The Kier molecular flexibility index (Phi) is 8.23. The number of carbonyl (C=O) groups excluding carboxylic acids is 4. The van der Waals surface area contributed by atoms with Gasteiger partial charge < -0.3 is 21.5 Å². The van der Waals surface area contributed by atoms with E-state index in [-0.39, 0.29) is 42.5 Å². The van der Waals surface area contributed by atoms with Crippen molar-refractivity contribution in [3.8, 4) is 0 Å². The van der Waals surface area contributed by atoms with E-state index in [1.807, 2.05) is 19.1 Å². The first-order valence-electron chi connectivity index (χ1n) is 13.6. The smallest absolute Gasteiger partial charge is 0.328 e. The van der Waals surface area contributed by atoms with Gasteiger partial charge in [-0.25, -0.2) is 14.8 Å². The summed E-state index contributed by atoms with van der Waals surface area (Å²) >= 11 is 0. The lowest BCUT2D eigenvalue weighted by Crippen LogP contribution is -2.42. The Morgan fingerprint density at radius 1 is 0.977 bits per heavy atom. The first kappa shape index (κ1) is 29.0. The minimum atomic E-state index is -0.954. The van der Waals surface area contributed by atoms with Gasteiger partial charge in [-0.1, -0.05) is 31.2 Å². The molecule has 0 spiro atoms. The van der Waals surface area contributed by atoms with Gasteiger partial charge in [0.25, 0.3) is 17.7 Å². The molecule has 2 unspecified atom stereocenters. The fourth-order valence-electron chi connectivity index (χ4n) is 5.00. The quantitative estimate of drug-likeness (QED) is 0.183. The Labute approximate surface area is 246 Å². The SMILES string of the molecule is COC(=O)C(CCCN1C(=O)c2ccccc2C1=O)NC(=O)c1ccc(C(C)Cc2cnc3nc(N)nc(N)c3n2)cc1. The predicted molar refractivity (Wildman–Crippen MR) is 157 cm³/mol. The van der Waals surface area contributed by atoms with Crippen LogP contribution in [0.1, 0.15) is 68.0 Å². The van der Waals surface area contributed by atoms with Crippen molar-refractivity contribution in [3.63, 3.8) is 0 Å². The summed E-state index contributed by atoms with van der Waals surface area (Å²) in [6.45, 7) is 2.13. The van der Waals surface area contributed by atoms with Crippen LogP contribution in [0.25, 0.3) is 11.2 Å². The number of nitrogens with one attached hydrogen (secondary N) is 1. The van der Waals surface area contributed by atoms with Gasteiger partial charge in [0.05, 0.1) is 30.1 Å². The average Bonchev–Trinajstić information content (AvgIpc) is 3.25. The van der Waals surface area contributed by atoms with Crippen molar-refractivity contribution in [2.45, 2.75) is 38.1 Å². The van der Waals surface area contributed by atoms with E-state index in [2.05, 4.69) is 25.3 Å². The molecule has 2 aromatic heterocycles. The highest BCUT2D eigenvalue weighted by Crippen LogP contribution is 2.24. The molecule has 13 heteroatoms. The van der Waals surface area contributed by atoms with Crippen molar-refractivity contribution >= 4 is 46.6 Å². The number of amides is 3. The fourth-order valence-corrected chi connectivity index (χ4v) is 5.00. The van der Waals surface area contributed by atoms with Crippen LogP contribution in [0.5, 0.6) is 0 Å². The second kappa shape index (κ2) is 12.2. The molecule has 0 fully saturated rings. The normalized spacial score (nSPS) is 14.0. The van der Waals surface area contributed by atoms with E-state index < -0.39 is 17.9 Å². The van der Waals surface area contributed by atoms with E-state index in [0.717, 1.165) is 10.5 Å². The van der Waals surface area contributed by atoms with Crippen molar-refractivity contribution in [2.75, 3.05) is 25.1 Å². The average molecular weight is 583 g/mol. The van der Waals surface area contributed by atoms with Gasteiger partial charge in [-0.15, -0.1) is 0 Å². The zero-order valence-electron chi connectivity index (χ0n) is 23.6. The number of nitrogens with zero attached hydrogens (tertiary/aromatic N) is 5. The molecule has 13 nitrogen and oxygen atoms in total. The number of imide groups is 1. The number of rotatable bonds is 10. The zero-order chi connectivity index (χ0) is 30.7. The first-order valence-corrected chi connectivity index (χ1v) is 13.6. The van der Waals surface area contributed by atoms with E-state index in [1.54, 1.807) is 42.6 Å². The van der Waals surface area contributed by atoms with Crippen LogP contribution in [0, 0.1) is 0 Å². The lowest BCUT2D eigenvalue weighted by Gasteiger charge is -2.19. The fraction of sp³-hybridized carbons (Fsp3) is 0.267. The van der Waals surface area contributed by atoms with Crippen LogP contribution in [-0.4, -0.2) is 68.2 Å². The molecule has 0 saturated heterocycles. The number of anilines is 2. The summed E-state index contributed by atoms with van der Waals surface area (Å²) < 4.78 is 4.88. The molecule has 0 radical (unpaired) electrons. The number of fused-ring (bicyclic) bond motifs is 2. The monoisotopic (exact) mass is 582 g/mol. The molecule has 2 aromatic carbocycles. The highest BCUT2D eigenvalue weighted by Gasteiger charge is 2.35. The van der Waals surface area contributed by atoms with E-state index in [0.29, 0.717) is 46.4 Å². The first-order chi connectivity index (χ1) is 20.7. The summed E-state index contributed by atoms with van der Waals surface area (Å²) in [6.07, 6.45) is 2.64. The van der Waals surface area contributed by atoms with Crippen molar-refractivity contribution in [1.29, 1.82) is 0 Å². The Bertz CT molecular complexity index is 1690. The number of ether oxygens (including phenoxy) is 1. The molecule has 4 aromatic rings. The highest BCUT2D eigenvalue weighted by molar-refractivity contribution is 6.21. The van der Waals surface area contributed by atoms with Crippen LogP contribution in [-0.2, 0) is 16.0 Å². The van der Waals surface area contributed by atoms with Crippen LogP contribution < -0.4 is 16.8 Å². The molecule has 5 N–H and O–H groups in total. The van der Waals surface area contributed by atoms with Crippen LogP contribution in [0.3, 0.4) is 0 Å². The van der Waals surface area contributed by atoms with Gasteiger partial charge in [-0.2, -0.15) is 9.97 Å². The number of carbonyl (C=O) groups is 4. The number of esters is 1. The van der Waals surface area contributed by atoms with Gasteiger partial charge in [0, 0.05) is 12.1 Å². The van der Waals surface area contributed by atoms with Crippen molar-refractivity contribution < 1.29 is 23.9 Å². The van der Waals surface area contributed by atoms with E-state index in [9.17, 15) is 19.2 Å². The van der Waals surface area contributed by atoms with Crippen LogP contribution >= 0.6 is 0 Å². The maximum absolute atomic E-state index is 13.0. The third-order valence-corrected chi connectivity index (χ3v) is 7.30. The summed E-state index contributed by atoms with van der Waals surface area (Å²) in [5, 5.41) is 2.71. The summed E-state index contributed by atoms with van der Waals surface area (Å²) in [5.74, 6) is -1.59.